The molecule has 0 saturated heterocycles. The standard InChI is InChI=1S/C13H18/c1-7-4-10-6-11(7)13-9-3-2-8(5-9)12(10)13/h2-3,7-13H,4-6H2,1H3/t7-,8+,9-,10-,11-,12+,13-/m1/s1. The first-order valence-electron chi connectivity index (χ1n) is 6.03. The average Bonchev–Trinajstić information content (AvgIpc) is 2.78. The Kier molecular flexibility index (Phi) is 1.11. The number of allylic oxidation sites excluding steroid dienone is 2. The van der Waals surface area contributed by atoms with Gasteiger partial charge in [-0.05, 0) is 60.7 Å². The van der Waals surface area contributed by atoms with Gasteiger partial charge in [0.2, 0.25) is 0 Å². The molecule has 0 spiro atoms. The van der Waals surface area contributed by atoms with Crippen LogP contribution < -0.4 is 0 Å². The summed E-state index contributed by atoms with van der Waals surface area (Å²) < 4.78 is 0. The summed E-state index contributed by atoms with van der Waals surface area (Å²) in [5.74, 6) is 7.59. The van der Waals surface area contributed by atoms with E-state index in [1.165, 1.54) is 6.42 Å². The molecule has 0 heterocycles. The molecule has 4 rings (SSSR count). The molecule has 0 radical (unpaired) electrons. The molecular weight excluding hydrogens is 156 g/mol. The van der Waals surface area contributed by atoms with Crippen LogP contribution in [0.5, 0.6) is 0 Å². The highest BCUT2D eigenvalue weighted by atomic mass is 14.6. The van der Waals surface area contributed by atoms with Gasteiger partial charge in [-0.1, -0.05) is 19.1 Å². The molecule has 0 N–H and O–H groups in total. The first kappa shape index (κ1) is 7.09. The van der Waals surface area contributed by atoms with Crippen molar-refractivity contribution in [2.24, 2.45) is 41.4 Å². The van der Waals surface area contributed by atoms with Gasteiger partial charge in [0.25, 0.3) is 0 Å². The Morgan fingerprint density at radius 1 is 0.923 bits per heavy atom. The lowest BCUT2D eigenvalue weighted by Gasteiger charge is -2.35. The summed E-state index contributed by atoms with van der Waals surface area (Å²) in [6.07, 6.45) is 9.75. The number of hydrogen-bond acceptors (Lipinski definition) is 0. The molecular formula is C13H18. The van der Waals surface area contributed by atoms with Crippen molar-refractivity contribution in [2.45, 2.75) is 26.2 Å². The molecule has 4 aliphatic rings. The Balaban J connectivity index is 1.79. The van der Waals surface area contributed by atoms with Crippen LogP contribution in [0.2, 0.25) is 0 Å². The SMILES string of the molecule is C[C@@H]1C[C@@H]2C[C@H]1[C@@H]1[C@H]2[C@H]2C=C[C@@H]1C2. The third kappa shape index (κ3) is 0.671. The van der Waals surface area contributed by atoms with E-state index in [9.17, 15) is 0 Å². The minimum Gasteiger partial charge on any atom is -0.0848 e. The minimum atomic E-state index is 1.01. The zero-order valence-electron chi connectivity index (χ0n) is 8.32. The lowest BCUT2D eigenvalue weighted by atomic mass is 9.70. The fourth-order valence-electron chi connectivity index (χ4n) is 5.35. The monoisotopic (exact) mass is 174 g/mol. The van der Waals surface area contributed by atoms with Crippen LogP contribution in [0.4, 0.5) is 0 Å². The fourth-order valence-corrected chi connectivity index (χ4v) is 5.35. The molecule has 3 saturated carbocycles. The van der Waals surface area contributed by atoms with E-state index >= 15 is 0 Å². The summed E-state index contributed by atoms with van der Waals surface area (Å²) in [6, 6.07) is 0. The van der Waals surface area contributed by atoms with Crippen molar-refractivity contribution >= 4 is 0 Å². The molecule has 7 atom stereocenters. The lowest BCUT2D eigenvalue weighted by Crippen LogP contribution is -2.29. The molecule has 13 heavy (non-hydrogen) atoms. The van der Waals surface area contributed by atoms with E-state index in [2.05, 4.69) is 19.1 Å². The van der Waals surface area contributed by atoms with Gasteiger partial charge in [0.1, 0.15) is 0 Å². The molecule has 70 valence electrons. The van der Waals surface area contributed by atoms with Gasteiger partial charge in [-0.15, -0.1) is 0 Å². The van der Waals surface area contributed by atoms with Gasteiger partial charge in [-0.2, -0.15) is 0 Å². The predicted molar refractivity (Wildman–Crippen MR) is 53.1 cm³/mol. The van der Waals surface area contributed by atoms with Gasteiger partial charge in [0.15, 0.2) is 0 Å². The van der Waals surface area contributed by atoms with Gasteiger partial charge in [0, 0.05) is 0 Å². The second kappa shape index (κ2) is 2.04. The van der Waals surface area contributed by atoms with Crippen LogP contribution in [0.15, 0.2) is 12.2 Å². The van der Waals surface area contributed by atoms with Crippen molar-refractivity contribution < 1.29 is 0 Å². The van der Waals surface area contributed by atoms with Crippen LogP contribution in [0.25, 0.3) is 0 Å². The Labute approximate surface area is 80.4 Å². The molecule has 0 unspecified atom stereocenters. The van der Waals surface area contributed by atoms with Crippen molar-refractivity contribution in [3.05, 3.63) is 12.2 Å². The summed E-state index contributed by atoms with van der Waals surface area (Å²) in [5.41, 5.74) is 0. The molecule has 0 heteroatoms. The molecule has 0 nitrogen and oxygen atoms in total. The van der Waals surface area contributed by atoms with E-state index in [1.807, 2.05) is 0 Å². The maximum absolute atomic E-state index is 2.54. The predicted octanol–water partition coefficient (Wildman–Crippen LogP) is 3.10. The lowest BCUT2D eigenvalue weighted by molar-refractivity contribution is 0.160. The highest BCUT2D eigenvalue weighted by molar-refractivity contribution is 5.20. The molecule has 4 aliphatic carbocycles. The second-order valence-corrected chi connectivity index (χ2v) is 5.98. The van der Waals surface area contributed by atoms with E-state index in [0.29, 0.717) is 0 Å². The van der Waals surface area contributed by atoms with E-state index < -0.39 is 0 Å². The molecule has 0 amide bonds. The van der Waals surface area contributed by atoms with Crippen LogP contribution in [0.1, 0.15) is 26.2 Å². The van der Waals surface area contributed by atoms with Crippen molar-refractivity contribution in [3.63, 3.8) is 0 Å². The Morgan fingerprint density at radius 3 is 2.54 bits per heavy atom. The highest BCUT2D eigenvalue weighted by Crippen LogP contribution is 2.66. The van der Waals surface area contributed by atoms with Gasteiger partial charge >= 0.3 is 0 Å². The third-order valence-corrected chi connectivity index (χ3v) is 5.60. The molecule has 3 fully saturated rings. The van der Waals surface area contributed by atoms with Gasteiger partial charge < -0.3 is 0 Å². The van der Waals surface area contributed by atoms with Crippen molar-refractivity contribution in [1.82, 2.24) is 0 Å². The zero-order valence-corrected chi connectivity index (χ0v) is 8.32. The summed E-state index contributed by atoms with van der Waals surface area (Å²) in [7, 11) is 0. The normalized spacial score (nSPS) is 66.4. The minimum absolute atomic E-state index is 1.01. The van der Waals surface area contributed by atoms with Crippen molar-refractivity contribution in [3.8, 4) is 0 Å². The molecule has 0 aromatic rings. The first-order chi connectivity index (χ1) is 6.34. The van der Waals surface area contributed by atoms with Gasteiger partial charge in [-0.3, -0.25) is 0 Å². The smallest absolute Gasteiger partial charge is 0.0194 e. The number of fused-ring (bicyclic) bond motifs is 9. The number of hydrogen-bond donors (Lipinski definition) is 0. The maximum atomic E-state index is 2.54. The highest BCUT2D eigenvalue weighted by Gasteiger charge is 2.59. The third-order valence-electron chi connectivity index (χ3n) is 5.60. The zero-order chi connectivity index (χ0) is 8.58. The van der Waals surface area contributed by atoms with Crippen molar-refractivity contribution in [2.75, 3.05) is 0 Å². The number of rotatable bonds is 0. The summed E-state index contributed by atoms with van der Waals surface area (Å²) in [6.45, 7) is 2.50. The summed E-state index contributed by atoms with van der Waals surface area (Å²) in [5, 5.41) is 0. The topological polar surface area (TPSA) is 0 Å². The van der Waals surface area contributed by atoms with Crippen LogP contribution in [0, 0.1) is 41.4 Å². The van der Waals surface area contributed by atoms with Gasteiger partial charge in [0.05, 0.1) is 0 Å². The summed E-state index contributed by atoms with van der Waals surface area (Å²) >= 11 is 0. The van der Waals surface area contributed by atoms with Gasteiger partial charge in [-0.25, -0.2) is 0 Å². The van der Waals surface area contributed by atoms with Crippen LogP contribution in [0.3, 0.4) is 0 Å². The molecule has 0 aromatic carbocycles. The van der Waals surface area contributed by atoms with E-state index in [0.717, 1.165) is 41.4 Å². The van der Waals surface area contributed by atoms with Crippen LogP contribution >= 0.6 is 0 Å². The maximum Gasteiger partial charge on any atom is -0.0194 e. The Hall–Kier alpha value is -0.260. The molecule has 0 aliphatic heterocycles. The second-order valence-electron chi connectivity index (χ2n) is 5.98. The Bertz CT molecular complexity index is 278. The Morgan fingerprint density at radius 2 is 1.69 bits per heavy atom. The first-order valence-corrected chi connectivity index (χ1v) is 6.03. The summed E-state index contributed by atoms with van der Waals surface area (Å²) in [4.78, 5) is 0. The quantitative estimate of drug-likeness (QED) is 0.391. The van der Waals surface area contributed by atoms with Crippen LogP contribution in [-0.4, -0.2) is 0 Å². The van der Waals surface area contributed by atoms with Crippen LogP contribution in [-0.2, 0) is 0 Å². The fraction of sp³-hybridized carbons (Fsp3) is 0.846. The molecule has 0 aromatic heterocycles. The van der Waals surface area contributed by atoms with E-state index in [-0.39, 0.29) is 0 Å². The van der Waals surface area contributed by atoms with E-state index in [1.54, 1.807) is 12.8 Å². The molecule has 4 bridgehead atoms. The van der Waals surface area contributed by atoms with Crippen molar-refractivity contribution in [1.29, 1.82) is 0 Å². The largest absolute Gasteiger partial charge is 0.0848 e. The average molecular weight is 174 g/mol. The van der Waals surface area contributed by atoms with E-state index in [4.69, 9.17) is 0 Å².